The van der Waals surface area contributed by atoms with Crippen LogP contribution in [0.4, 0.5) is 0 Å². The van der Waals surface area contributed by atoms with E-state index in [9.17, 15) is 15.1 Å². The highest BCUT2D eigenvalue weighted by molar-refractivity contribution is 5.43. The molecule has 1 unspecified atom stereocenters. The number of hydrogen-bond acceptors (Lipinski definition) is 5. The van der Waals surface area contributed by atoms with E-state index < -0.39 is 17.6 Å². The fraction of sp³-hybridized carbons (Fsp3) is 0.455. The highest BCUT2D eigenvalue weighted by Gasteiger charge is 2.19. The van der Waals surface area contributed by atoms with E-state index in [1.807, 2.05) is 6.07 Å². The number of aromatic hydroxyl groups is 1. The van der Waals surface area contributed by atoms with E-state index in [-0.39, 0.29) is 5.56 Å². The van der Waals surface area contributed by atoms with Gasteiger partial charge in [-0.1, -0.05) is 6.92 Å². The van der Waals surface area contributed by atoms with Crippen molar-refractivity contribution in [3.05, 3.63) is 27.5 Å². The molecule has 0 radical (unpaired) electrons. The Labute approximate surface area is 98.9 Å². The summed E-state index contributed by atoms with van der Waals surface area (Å²) in [5.74, 6) is -0.419. The van der Waals surface area contributed by atoms with E-state index in [2.05, 4.69) is 0 Å². The van der Waals surface area contributed by atoms with Gasteiger partial charge in [0.1, 0.15) is 17.8 Å². The molecule has 0 spiro atoms. The first-order valence-electron chi connectivity index (χ1n) is 5.24. The first-order chi connectivity index (χ1) is 7.93. The van der Waals surface area contributed by atoms with E-state index in [1.165, 1.54) is 6.07 Å². The first kappa shape index (κ1) is 13.2. The summed E-state index contributed by atoms with van der Waals surface area (Å²) in [6.07, 6.45) is -0.736. The van der Waals surface area contributed by atoms with Crippen molar-refractivity contribution < 1.29 is 10.3 Å². The molecule has 0 bridgehead atoms. The molecule has 92 valence electrons. The highest BCUT2D eigenvalue weighted by atomic mass is 16.5. The summed E-state index contributed by atoms with van der Waals surface area (Å²) in [7, 11) is 0. The Morgan fingerprint density at radius 2 is 2.24 bits per heavy atom. The summed E-state index contributed by atoms with van der Waals surface area (Å²) >= 11 is 0. The van der Waals surface area contributed by atoms with Gasteiger partial charge in [0.2, 0.25) is 5.88 Å². The molecule has 17 heavy (non-hydrogen) atoms. The van der Waals surface area contributed by atoms with Gasteiger partial charge in [-0.2, -0.15) is 10.3 Å². The van der Waals surface area contributed by atoms with Crippen LogP contribution >= 0.6 is 0 Å². The van der Waals surface area contributed by atoms with E-state index in [0.29, 0.717) is 12.1 Å². The van der Waals surface area contributed by atoms with Gasteiger partial charge in [0.05, 0.1) is 0 Å². The molecule has 0 saturated carbocycles. The normalized spacial score (nSPS) is 12.5. The minimum Gasteiger partial charge on any atom is -0.493 e. The Bertz CT molecular complexity index is 516. The SMILES string of the molecule is CCN(O)C(C)n1c(O)c(C#N)c(C)cc1=O. The molecule has 0 fully saturated rings. The Hall–Kier alpha value is -1.84. The summed E-state index contributed by atoms with van der Waals surface area (Å²) in [6.45, 7) is 5.13. The third-order valence-corrected chi connectivity index (χ3v) is 2.66. The number of rotatable bonds is 3. The second-order valence-electron chi connectivity index (χ2n) is 3.73. The topological polar surface area (TPSA) is 89.5 Å². The quantitative estimate of drug-likeness (QED) is 0.764. The summed E-state index contributed by atoms with van der Waals surface area (Å²) in [6, 6.07) is 3.10. The maximum Gasteiger partial charge on any atom is 0.255 e. The molecule has 1 atom stereocenters. The molecule has 6 nitrogen and oxygen atoms in total. The van der Waals surface area contributed by atoms with Crippen LogP contribution in [-0.4, -0.2) is 26.5 Å². The molecule has 0 saturated heterocycles. The van der Waals surface area contributed by atoms with Gasteiger partial charge in [-0.05, 0) is 19.4 Å². The molecule has 0 aliphatic heterocycles. The third-order valence-electron chi connectivity index (χ3n) is 2.66. The van der Waals surface area contributed by atoms with Crippen LogP contribution in [0.15, 0.2) is 10.9 Å². The second-order valence-corrected chi connectivity index (χ2v) is 3.73. The summed E-state index contributed by atoms with van der Waals surface area (Å²) in [5, 5.41) is 29.2. The van der Waals surface area contributed by atoms with E-state index in [1.54, 1.807) is 20.8 Å². The van der Waals surface area contributed by atoms with Gasteiger partial charge < -0.3 is 10.3 Å². The van der Waals surface area contributed by atoms with Gasteiger partial charge in [-0.25, -0.2) is 0 Å². The molecule has 1 rings (SSSR count). The van der Waals surface area contributed by atoms with Crippen LogP contribution in [0.2, 0.25) is 0 Å². The third kappa shape index (κ3) is 2.30. The zero-order valence-electron chi connectivity index (χ0n) is 10.0. The van der Waals surface area contributed by atoms with Gasteiger partial charge >= 0.3 is 0 Å². The van der Waals surface area contributed by atoms with Crippen LogP contribution in [0, 0.1) is 18.3 Å². The van der Waals surface area contributed by atoms with Crippen LogP contribution in [0.5, 0.6) is 5.88 Å². The standard InChI is InChI=1S/C11H15N3O3/c1-4-13(17)8(3)14-10(15)5-7(2)9(6-12)11(14)16/h5,8,16-17H,4H2,1-3H3. The molecule has 1 heterocycles. The van der Waals surface area contributed by atoms with Gasteiger partial charge in [0, 0.05) is 12.6 Å². The monoisotopic (exact) mass is 237 g/mol. The van der Waals surface area contributed by atoms with Crippen molar-refractivity contribution >= 4 is 0 Å². The van der Waals surface area contributed by atoms with Gasteiger partial charge in [-0.15, -0.1) is 0 Å². The predicted octanol–water partition coefficient (Wildman–Crippen LogP) is 0.964. The molecule has 6 heteroatoms. The second kappa shape index (κ2) is 4.99. The van der Waals surface area contributed by atoms with Gasteiger partial charge in [0.25, 0.3) is 5.56 Å². The smallest absolute Gasteiger partial charge is 0.255 e. The van der Waals surface area contributed by atoms with Crippen molar-refractivity contribution in [1.29, 1.82) is 5.26 Å². The molecule has 0 amide bonds. The Balaban J connectivity index is 3.45. The molecule has 0 aromatic carbocycles. The largest absolute Gasteiger partial charge is 0.493 e. The van der Waals surface area contributed by atoms with Crippen LogP contribution in [0.1, 0.15) is 31.1 Å². The lowest BCUT2D eigenvalue weighted by Crippen LogP contribution is -2.34. The Morgan fingerprint density at radius 3 is 2.71 bits per heavy atom. The Morgan fingerprint density at radius 1 is 1.65 bits per heavy atom. The van der Waals surface area contributed by atoms with Crippen molar-refractivity contribution in [2.45, 2.75) is 26.9 Å². The number of hydroxylamine groups is 2. The lowest BCUT2D eigenvalue weighted by molar-refractivity contribution is -0.143. The number of nitrogens with zero attached hydrogens (tertiary/aromatic N) is 3. The highest BCUT2D eigenvalue weighted by Crippen LogP contribution is 2.22. The number of nitriles is 1. The predicted molar refractivity (Wildman–Crippen MR) is 60.7 cm³/mol. The van der Waals surface area contributed by atoms with E-state index >= 15 is 0 Å². The van der Waals surface area contributed by atoms with Crippen molar-refractivity contribution in [2.75, 3.05) is 6.54 Å². The number of hydrogen-bond donors (Lipinski definition) is 2. The minimum atomic E-state index is -0.736. The van der Waals surface area contributed by atoms with E-state index in [4.69, 9.17) is 5.26 Å². The van der Waals surface area contributed by atoms with Crippen LogP contribution in [-0.2, 0) is 0 Å². The maximum absolute atomic E-state index is 11.7. The zero-order chi connectivity index (χ0) is 13.2. The number of aromatic nitrogens is 1. The van der Waals surface area contributed by atoms with Crippen molar-refractivity contribution in [3.8, 4) is 11.9 Å². The fourth-order valence-corrected chi connectivity index (χ4v) is 1.62. The van der Waals surface area contributed by atoms with Crippen LogP contribution in [0.25, 0.3) is 0 Å². The lowest BCUT2D eigenvalue weighted by atomic mass is 10.1. The van der Waals surface area contributed by atoms with Crippen molar-refractivity contribution in [3.63, 3.8) is 0 Å². The van der Waals surface area contributed by atoms with Crippen LogP contribution in [0.3, 0.4) is 0 Å². The first-order valence-corrected chi connectivity index (χ1v) is 5.24. The van der Waals surface area contributed by atoms with Crippen molar-refractivity contribution in [2.24, 2.45) is 0 Å². The van der Waals surface area contributed by atoms with Gasteiger partial charge in [0.15, 0.2) is 0 Å². The average molecular weight is 237 g/mol. The molecule has 1 aromatic rings. The molecular formula is C11H15N3O3. The average Bonchev–Trinajstić information content (AvgIpc) is 2.27. The fourth-order valence-electron chi connectivity index (χ4n) is 1.62. The van der Waals surface area contributed by atoms with Gasteiger partial charge in [-0.3, -0.25) is 9.36 Å². The minimum absolute atomic E-state index is 0.0425. The van der Waals surface area contributed by atoms with Crippen LogP contribution < -0.4 is 5.56 Å². The van der Waals surface area contributed by atoms with Crippen molar-refractivity contribution in [1.82, 2.24) is 9.63 Å². The lowest BCUT2D eigenvalue weighted by Gasteiger charge is -2.24. The number of pyridine rings is 1. The Kier molecular flexibility index (Phi) is 3.89. The summed E-state index contributed by atoms with van der Waals surface area (Å²) in [5.41, 5.74) is -0.000564. The van der Waals surface area contributed by atoms with E-state index in [0.717, 1.165) is 9.63 Å². The molecule has 1 aromatic heterocycles. The molecule has 0 aliphatic carbocycles. The summed E-state index contributed by atoms with van der Waals surface area (Å²) in [4.78, 5) is 11.7. The molecular weight excluding hydrogens is 222 g/mol. The molecule has 2 N–H and O–H groups in total. The number of aryl methyl sites for hydroxylation is 1. The maximum atomic E-state index is 11.7. The molecule has 0 aliphatic rings. The zero-order valence-corrected chi connectivity index (χ0v) is 10.0. The summed E-state index contributed by atoms with van der Waals surface area (Å²) < 4.78 is 0.981.